The zero-order valence-corrected chi connectivity index (χ0v) is 17.4. The lowest BCUT2D eigenvalue weighted by Gasteiger charge is -2.34. The summed E-state index contributed by atoms with van der Waals surface area (Å²) in [5.74, 6) is -0.492. The highest BCUT2D eigenvalue weighted by Gasteiger charge is 2.32. The van der Waals surface area contributed by atoms with Crippen molar-refractivity contribution in [2.45, 2.75) is 37.9 Å². The maximum atomic E-state index is 13.0. The average Bonchev–Trinajstić information content (AvgIpc) is 2.67. The first-order valence-corrected chi connectivity index (χ1v) is 10.8. The molecule has 7 nitrogen and oxygen atoms in total. The summed E-state index contributed by atoms with van der Waals surface area (Å²) in [5, 5.41) is 2.72. The number of nitrogens with one attached hydrogen (secondary N) is 1. The summed E-state index contributed by atoms with van der Waals surface area (Å²) in [6.45, 7) is 5.67. The minimum Gasteiger partial charge on any atom is -0.373 e. The molecule has 1 amide bonds. The van der Waals surface area contributed by atoms with Gasteiger partial charge in [-0.25, -0.2) is 8.42 Å². The van der Waals surface area contributed by atoms with Crippen molar-refractivity contribution in [2.24, 2.45) is 0 Å². The standard InChI is InChI=1S/C21H24N2O5S/c1-14-12-23(13-15(2)28-14)29(26,27)20-6-4-5-18(11-20)21(25)22-19-9-7-17(8-10-19)16(3)24/h4-11,14-15H,12-13H2,1-3H3,(H,22,25)/t14-,15+. The molecule has 1 aliphatic heterocycles. The van der Waals surface area contributed by atoms with Gasteiger partial charge in [0.1, 0.15) is 0 Å². The molecule has 0 aliphatic carbocycles. The van der Waals surface area contributed by atoms with Crippen molar-refractivity contribution < 1.29 is 22.7 Å². The number of anilines is 1. The Balaban J connectivity index is 1.79. The Labute approximate surface area is 170 Å². The van der Waals surface area contributed by atoms with Crippen LogP contribution >= 0.6 is 0 Å². The lowest BCUT2D eigenvalue weighted by Crippen LogP contribution is -2.48. The van der Waals surface area contributed by atoms with E-state index < -0.39 is 15.9 Å². The minimum absolute atomic E-state index is 0.0625. The molecular formula is C21H24N2O5S. The number of Topliss-reactive ketones (excluding diaryl/α,β-unsaturated/α-hetero) is 1. The molecule has 0 bridgehead atoms. The lowest BCUT2D eigenvalue weighted by atomic mass is 10.1. The third-order valence-corrected chi connectivity index (χ3v) is 6.50. The van der Waals surface area contributed by atoms with Crippen molar-refractivity contribution in [1.82, 2.24) is 4.31 Å². The Kier molecular flexibility index (Phi) is 6.16. The molecule has 1 heterocycles. The van der Waals surface area contributed by atoms with Crippen molar-refractivity contribution in [2.75, 3.05) is 18.4 Å². The van der Waals surface area contributed by atoms with Crippen LogP contribution in [0, 0.1) is 0 Å². The van der Waals surface area contributed by atoms with Gasteiger partial charge in [-0.1, -0.05) is 6.07 Å². The Morgan fingerprint density at radius 1 is 1.00 bits per heavy atom. The third-order valence-electron chi connectivity index (χ3n) is 4.67. The van der Waals surface area contributed by atoms with Crippen LogP contribution in [0.5, 0.6) is 0 Å². The zero-order chi connectivity index (χ0) is 21.2. The highest BCUT2D eigenvalue weighted by atomic mass is 32.2. The molecule has 1 aliphatic rings. The van der Waals surface area contributed by atoms with E-state index in [2.05, 4.69) is 5.32 Å². The molecule has 0 spiro atoms. The molecule has 2 aromatic carbocycles. The lowest BCUT2D eigenvalue weighted by molar-refractivity contribution is -0.0440. The Bertz CT molecular complexity index is 1010. The van der Waals surface area contributed by atoms with Crippen LogP contribution in [0.3, 0.4) is 0 Å². The van der Waals surface area contributed by atoms with Crippen LogP contribution in [0.1, 0.15) is 41.5 Å². The van der Waals surface area contributed by atoms with Gasteiger partial charge in [0.15, 0.2) is 5.78 Å². The van der Waals surface area contributed by atoms with Gasteiger partial charge in [0.25, 0.3) is 5.91 Å². The van der Waals surface area contributed by atoms with Crippen molar-refractivity contribution in [1.29, 1.82) is 0 Å². The predicted molar refractivity (Wildman–Crippen MR) is 110 cm³/mol. The minimum atomic E-state index is -3.74. The Morgan fingerprint density at radius 3 is 2.21 bits per heavy atom. The van der Waals surface area contributed by atoms with Gasteiger partial charge in [-0.05, 0) is 63.2 Å². The summed E-state index contributed by atoms with van der Waals surface area (Å²) in [5.41, 5.74) is 1.30. The molecule has 154 valence electrons. The second-order valence-corrected chi connectivity index (χ2v) is 9.13. The van der Waals surface area contributed by atoms with Gasteiger partial charge in [0.05, 0.1) is 17.1 Å². The molecular weight excluding hydrogens is 392 g/mol. The summed E-state index contributed by atoms with van der Waals surface area (Å²) < 4.78 is 33.0. The smallest absolute Gasteiger partial charge is 0.255 e. The van der Waals surface area contributed by atoms with Crippen molar-refractivity contribution in [3.05, 3.63) is 59.7 Å². The summed E-state index contributed by atoms with van der Waals surface area (Å²) in [7, 11) is -3.74. The summed E-state index contributed by atoms with van der Waals surface area (Å²) >= 11 is 0. The van der Waals surface area contributed by atoms with E-state index in [9.17, 15) is 18.0 Å². The number of benzene rings is 2. The number of morpholine rings is 1. The third kappa shape index (κ3) is 4.90. The van der Waals surface area contributed by atoms with E-state index in [0.717, 1.165) is 0 Å². The number of sulfonamides is 1. The quantitative estimate of drug-likeness (QED) is 0.757. The second kappa shape index (κ2) is 8.44. The zero-order valence-electron chi connectivity index (χ0n) is 16.6. The average molecular weight is 416 g/mol. The highest BCUT2D eigenvalue weighted by Crippen LogP contribution is 2.22. The number of amides is 1. The normalized spacial score (nSPS) is 20.2. The first-order chi connectivity index (χ1) is 13.7. The number of hydrogen-bond donors (Lipinski definition) is 1. The maximum absolute atomic E-state index is 13.0. The molecule has 0 unspecified atom stereocenters. The van der Waals surface area contributed by atoms with E-state index >= 15 is 0 Å². The number of rotatable bonds is 5. The SMILES string of the molecule is CC(=O)c1ccc(NC(=O)c2cccc(S(=O)(=O)N3C[C@@H](C)O[C@@H](C)C3)c2)cc1. The van der Waals surface area contributed by atoms with Crippen LogP contribution in [0.25, 0.3) is 0 Å². The fourth-order valence-electron chi connectivity index (χ4n) is 3.27. The molecule has 2 atom stereocenters. The summed E-state index contributed by atoms with van der Waals surface area (Å²) in [6, 6.07) is 12.5. The Hall–Kier alpha value is -2.55. The fourth-order valence-corrected chi connectivity index (χ4v) is 4.90. The van der Waals surface area contributed by atoms with Crippen molar-refractivity contribution in [3.63, 3.8) is 0 Å². The summed E-state index contributed by atoms with van der Waals surface area (Å²) in [6.07, 6.45) is -0.393. The molecule has 0 radical (unpaired) electrons. The molecule has 8 heteroatoms. The molecule has 1 fully saturated rings. The number of ketones is 1. The van der Waals surface area contributed by atoms with Crippen LogP contribution in [0.15, 0.2) is 53.4 Å². The van der Waals surface area contributed by atoms with Crippen LogP contribution in [0.4, 0.5) is 5.69 Å². The number of hydrogen-bond acceptors (Lipinski definition) is 5. The molecule has 2 aromatic rings. The fraction of sp³-hybridized carbons (Fsp3) is 0.333. The van der Waals surface area contributed by atoms with Gasteiger partial charge in [0, 0.05) is 29.9 Å². The van der Waals surface area contributed by atoms with Crippen LogP contribution in [-0.2, 0) is 14.8 Å². The molecule has 29 heavy (non-hydrogen) atoms. The topological polar surface area (TPSA) is 92.8 Å². The first-order valence-electron chi connectivity index (χ1n) is 9.35. The van der Waals surface area contributed by atoms with Gasteiger partial charge in [0.2, 0.25) is 10.0 Å². The molecule has 0 saturated carbocycles. The van der Waals surface area contributed by atoms with Crippen LogP contribution in [-0.4, -0.2) is 49.7 Å². The summed E-state index contributed by atoms with van der Waals surface area (Å²) in [4.78, 5) is 24.0. The van der Waals surface area contributed by atoms with E-state index in [1.54, 1.807) is 36.4 Å². The maximum Gasteiger partial charge on any atom is 0.255 e. The predicted octanol–water partition coefficient (Wildman–Crippen LogP) is 2.94. The number of carbonyl (C=O) groups excluding carboxylic acids is 2. The van der Waals surface area contributed by atoms with Crippen molar-refractivity contribution in [3.8, 4) is 0 Å². The van der Waals surface area contributed by atoms with Crippen LogP contribution in [0.2, 0.25) is 0 Å². The van der Waals surface area contributed by atoms with Gasteiger partial charge < -0.3 is 10.1 Å². The van der Waals surface area contributed by atoms with E-state index in [0.29, 0.717) is 11.3 Å². The number of nitrogens with zero attached hydrogens (tertiary/aromatic N) is 1. The van der Waals surface area contributed by atoms with E-state index in [1.165, 1.54) is 23.4 Å². The molecule has 1 N–H and O–H groups in total. The largest absolute Gasteiger partial charge is 0.373 e. The Morgan fingerprint density at radius 2 is 1.62 bits per heavy atom. The van der Waals surface area contributed by atoms with E-state index in [-0.39, 0.29) is 41.5 Å². The van der Waals surface area contributed by atoms with Crippen LogP contribution < -0.4 is 5.32 Å². The van der Waals surface area contributed by atoms with E-state index in [4.69, 9.17) is 4.74 Å². The van der Waals surface area contributed by atoms with Gasteiger partial charge in [-0.2, -0.15) is 4.31 Å². The number of ether oxygens (including phenoxy) is 1. The molecule has 0 aromatic heterocycles. The molecule has 1 saturated heterocycles. The van der Waals surface area contributed by atoms with E-state index in [1.807, 2.05) is 13.8 Å². The first kappa shape index (κ1) is 21.2. The number of carbonyl (C=O) groups is 2. The second-order valence-electron chi connectivity index (χ2n) is 7.19. The van der Waals surface area contributed by atoms with Gasteiger partial charge in [-0.3, -0.25) is 9.59 Å². The van der Waals surface area contributed by atoms with Crippen molar-refractivity contribution >= 4 is 27.4 Å². The van der Waals surface area contributed by atoms with Gasteiger partial charge in [-0.15, -0.1) is 0 Å². The highest BCUT2D eigenvalue weighted by molar-refractivity contribution is 7.89. The monoisotopic (exact) mass is 416 g/mol. The van der Waals surface area contributed by atoms with Gasteiger partial charge >= 0.3 is 0 Å². The molecule has 3 rings (SSSR count).